The van der Waals surface area contributed by atoms with Crippen LogP contribution < -0.4 is 0 Å². The van der Waals surface area contributed by atoms with E-state index in [1.807, 2.05) is 0 Å². The van der Waals surface area contributed by atoms with Gasteiger partial charge in [0.2, 0.25) is 0 Å². The van der Waals surface area contributed by atoms with E-state index in [1.165, 1.54) is 19.3 Å². The molecule has 204 valence electrons. The molecule has 0 spiro atoms. The molecule has 4 aliphatic carbocycles. The number of carbonyl (C=O) groups excluding carboxylic acids is 1. The molecular formula is C31H50O5. The molecule has 5 unspecified atom stereocenters. The van der Waals surface area contributed by atoms with Crippen LogP contribution in [0.15, 0.2) is 0 Å². The topological polar surface area (TPSA) is 72.8 Å². The Morgan fingerprint density at radius 1 is 1.06 bits per heavy atom. The van der Waals surface area contributed by atoms with E-state index >= 15 is 0 Å². The van der Waals surface area contributed by atoms with Gasteiger partial charge in [-0.1, -0.05) is 27.7 Å². The molecule has 11 atom stereocenters. The fourth-order valence-electron chi connectivity index (χ4n) is 10.3. The third-order valence-electron chi connectivity index (χ3n) is 12.2. The van der Waals surface area contributed by atoms with Crippen molar-refractivity contribution < 1.29 is 24.2 Å². The molecule has 1 saturated heterocycles. The molecule has 5 rings (SSSR count). The van der Waals surface area contributed by atoms with E-state index in [9.17, 15) is 14.7 Å². The number of hydrogen-bond donors (Lipinski definition) is 1. The van der Waals surface area contributed by atoms with Gasteiger partial charge in [0.05, 0.1) is 6.10 Å². The summed E-state index contributed by atoms with van der Waals surface area (Å²) in [5, 5.41) is 9.24. The minimum absolute atomic E-state index is 0.0471. The Morgan fingerprint density at radius 3 is 2.50 bits per heavy atom. The van der Waals surface area contributed by atoms with E-state index in [1.54, 1.807) is 0 Å². The number of aliphatic carboxylic acids is 1. The largest absolute Gasteiger partial charge is 0.481 e. The first-order valence-electron chi connectivity index (χ1n) is 15.2. The number of carbonyl (C=O) groups is 2. The van der Waals surface area contributed by atoms with Gasteiger partial charge in [0.25, 0.3) is 0 Å². The van der Waals surface area contributed by atoms with E-state index in [-0.39, 0.29) is 41.5 Å². The van der Waals surface area contributed by atoms with Gasteiger partial charge in [0.1, 0.15) is 5.78 Å². The molecule has 5 nitrogen and oxygen atoms in total. The molecular weight excluding hydrogens is 452 g/mol. The van der Waals surface area contributed by atoms with E-state index in [2.05, 4.69) is 27.7 Å². The first kappa shape index (κ1) is 26.7. The number of fused-ring (bicyclic) bond motifs is 5. The maximum Gasteiger partial charge on any atom is 0.303 e. The van der Waals surface area contributed by atoms with Gasteiger partial charge >= 0.3 is 5.97 Å². The fourth-order valence-corrected chi connectivity index (χ4v) is 10.3. The smallest absolute Gasteiger partial charge is 0.303 e. The summed E-state index contributed by atoms with van der Waals surface area (Å²) in [6.07, 6.45) is 13.4. The van der Waals surface area contributed by atoms with Crippen molar-refractivity contribution in [2.75, 3.05) is 6.61 Å². The molecule has 0 bridgehead atoms. The van der Waals surface area contributed by atoms with Crippen molar-refractivity contribution in [1.82, 2.24) is 0 Å². The van der Waals surface area contributed by atoms with Gasteiger partial charge in [-0.2, -0.15) is 0 Å². The Morgan fingerprint density at radius 2 is 1.81 bits per heavy atom. The van der Waals surface area contributed by atoms with Crippen LogP contribution >= 0.6 is 0 Å². The summed E-state index contributed by atoms with van der Waals surface area (Å²) < 4.78 is 12.4. The second-order valence-corrected chi connectivity index (χ2v) is 13.7. The minimum atomic E-state index is -0.688. The van der Waals surface area contributed by atoms with Gasteiger partial charge < -0.3 is 14.6 Å². The van der Waals surface area contributed by atoms with E-state index in [0.29, 0.717) is 35.4 Å². The van der Waals surface area contributed by atoms with Gasteiger partial charge in [0.15, 0.2) is 6.29 Å². The summed E-state index contributed by atoms with van der Waals surface area (Å²) in [7, 11) is 0. The lowest BCUT2D eigenvalue weighted by molar-refractivity contribution is -0.216. The molecule has 1 aliphatic heterocycles. The molecule has 0 amide bonds. The highest BCUT2D eigenvalue weighted by atomic mass is 16.7. The zero-order chi connectivity index (χ0) is 25.7. The molecule has 0 aromatic heterocycles. The molecule has 1 N–H and O–H groups in total. The lowest BCUT2D eigenvalue weighted by atomic mass is 9.42. The predicted octanol–water partition coefficient (Wildman–Crippen LogP) is 6.87. The quantitative estimate of drug-likeness (QED) is 0.384. The highest BCUT2D eigenvalue weighted by molar-refractivity contribution is 5.86. The maximum absolute atomic E-state index is 14.3. The van der Waals surface area contributed by atoms with Gasteiger partial charge in [-0.05, 0) is 117 Å². The molecule has 0 radical (unpaired) electrons. The summed E-state index contributed by atoms with van der Waals surface area (Å²) in [5.74, 6) is 2.57. The number of rotatable bonds is 7. The van der Waals surface area contributed by atoms with Crippen LogP contribution in [0.25, 0.3) is 0 Å². The first-order valence-corrected chi connectivity index (χ1v) is 15.2. The minimum Gasteiger partial charge on any atom is -0.481 e. The van der Waals surface area contributed by atoms with E-state index in [4.69, 9.17) is 9.47 Å². The molecule has 5 fully saturated rings. The lowest BCUT2D eigenvalue weighted by Gasteiger charge is -2.62. The standard InChI is InChI=1S/C31H50O5/c1-5-21-25-18-20(36-27-8-6-7-17-35-27)13-15-31(25,4)24-14-16-30(3)22(19(2)9-12-26(32)33)10-11-23(30)28(24)29(21)34/h19-25,27-28H,5-18H2,1-4H3,(H,32,33)/t19-,20-,21-,22?,23?,24?,25?,27?,28-,30-,31-/m1/s1. The number of ether oxygens (including phenoxy) is 2. The normalized spacial score (nSPS) is 47.5. The Kier molecular flexibility index (Phi) is 7.64. The highest BCUT2D eigenvalue weighted by Crippen LogP contribution is 2.68. The van der Waals surface area contributed by atoms with Crippen molar-refractivity contribution in [3.05, 3.63) is 0 Å². The van der Waals surface area contributed by atoms with Gasteiger partial charge in [-0.3, -0.25) is 9.59 Å². The Labute approximate surface area is 218 Å². The van der Waals surface area contributed by atoms with Gasteiger partial charge in [-0.25, -0.2) is 0 Å². The van der Waals surface area contributed by atoms with Crippen molar-refractivity contribution in [3.63, 3.8) is 0 Å². The van der Waals surface area contributed by atoms with Crippen LogP contribution in [0.2, 0.25) is 0 Å². The average Bonchev–Trinajstić information content (AvgIpc) is 3.21. The van der Waals surface area contributed by atoms with Crippen LogP contribution in [0.3, 0.4) is 0 Å². The van der Waals surface area contributed by atoms with Crippen LogP contribution in [0.5, 0.6) is 0 Å². The predicted molar refractivity (Wildman–Crippen MR) is 139 cm³/mol. The summed E-state index contributed by atoms with van der Waals surface area (Å²) >= 11 is 0. The Balaban J connectivity index is 1.34. The lowest BCUT2D eigenvalue weighted by Crippen LogP contribution is -2.61. The summed E-state index contributed by atoms with van der Waals surface area (Å²) in [5.41, 5.74) is 0.399. The number of ketones is 1. The zero-order valence-corrected chi connectivity index (χ0v) is 23.2. The van der Waals surface area contributed by atoms with Crippen LogP contribution in [0.1, 0.15) is 111 Å². The molecule has 5 heteroatoms. The van der Waals surface area contributed by atoms with Gasteiger partial charge in [0, 0.05) is 24.9 Å². The van der Waals surface area contributed by atoms with Crippen LogP contribution in [0.4, 0.5) is 0 Å². The van der Waals surface area contributed by atoms with Crippen LogP contribution in [-0.4, -0.2) is 35.9 Å². The van der Waals surface area contributed by atoms with Crippen LogP contribution in [0, 0.1) is 52.3 Å². The van der Waals surface area contributed by atoms with E-state index < -0.39 is 5.97 Å². The molecule has 5 aliphatic rings. The molecule has 4 saturated carbocycles. The Hall–Kier alpha value is -0.940. The number of hydrogen-bond acceptors (Lipinski definition) is 4. The van der Waals surface area contributed by atoms with Crippen molar-refractivity contribution in [1.29, 1.82) is 0 Å². The van der Waals surface area contributed by atoms with E-state index in [0.717, 1.165) is 64.4 Å². The van der Waals surface area contributed by atoms with Crippen molar-refractivity contribution in [2.24, 2.45) is 52.3 Å². The second kappa shape index (κ2) is 10.3. The van der Waals surface area contributed by atoms with Crippen molar-refractivity contribution >= 4 is 11.8 Å². The van der Waals surface area contributed by atoms with Crippen molar-refractivity contribution in [3.8, 4) is 0 Å². The van der Waals surface area contributed by atoms with Gasteiger partial charge in [-0.15, -0.1) is 0 Å². The Bertz CT molecular complexity index is 820. The molecule has 0 aromatic carbocycles. The summed E-state index contributed by atoms with van der Waals surface area (Å²) in [4.78, 5) is 25.5. The molecule has 1 heterocycles. The second-order valence-electron chi connectivity index (χ2n) is 13.7. The molecule has 36 heavy (non-hydrogen) atoms. The molecule has 0 aromatic rings. The number of carboxylic acids is 1. The van der Waals surface area contributed by atoms with Crippen molar-refractivity contribution in [2.45, 2.75) is 124 Å². The number of Topliss-reactive ketones (excluding diaryl/α,β-unsaturated/α-hetero) is 1. The first-order chi connectivity index (χ1) is 17.2. The SMILES string of the molecule is CC[C@H]1C(=O)[C@@H]2C3CCC([C@H](C)CCC(=O)O)[C@@]3(C)CCC2[C@@]2(C)CC[C@@H](OC3CCCCO3)CC12. The maximum atomic E-state index is 14.3. The third kappa shape index (κ3) is 4.48. The highest BCUT2D eigenvalue weighted by Gasteiger charge is 2.65. The summed E-state index contributed by atoms with van der Waals surface area (Å²) in [6, 6.07) is 0. The summed E-state index contributed by atoms with van der Waals surface area (Å²) in [6.45, 7) is 10.3. The fraction of sp³-hybridized carbons (Fsp3) is 0.935. The monoisotopic (exact) mass is 502 g/mol. The zero-order valence-electron chi connectivity index (χ0n) is 23.2. The average molecular weight is 503 g/mol. The third-order valence-corrected chi connectivity index (χ3v) is 12.2. The van der Waals surface area contributed by atoms with Crippen LogP contribution in [-0.2, 0) is 19.1 Å². The number of carboxylic acid groups (broad SMARTS) is 1.